The summed E-state index contributed by atoms with van der Waals surface area (Å²) in [5.41, 5.74) is 0.0184. The molecule has 1 aliphatic carbocycles. The SMILES string of the molecule is CC(C)(C)OC(=O)N1CCN(c2cc3c(=O)c(C(=O)O)cn(C4CC4)c3cc2Cl)CC1. The van der Waals surface area contributed by atoms with Crippen LogP contribution in [0.25, 0.3) is 10.9 Å². The number of halogens is 1. The van der Waals surface area contributed by atoms with Crippen LogP contribution in [0.15, 0.2) is 23.1 Å². The first-order valence-corrected chi connectivity index (χ1v) is 10.8. The highest BCUT2D eigenvalue weighted by Crippen LogP contribution is 2.39. The summed E-state index contributed by atoms with van der Waals surface area (Å²) in [6, 6.07) is 3.63. The highest BCUT2D eigenvalue weighted by molar-refractivity contribution is 6.34. The Morgan fingerprint density at radius 1 is 1.13 bits per heavy atom. The number of carboxylic acids is 1. The number of carbonyl (C=O) groups excluding carboxylic acids is 1. The van der Waals surface area contributed by atoms with Crippen molar-refractivity contribution in [2.75, 3.05) is 31.1 Å². The Kier molecular flexibility index (Phi) is 5.37. The van der Waals surface area contributed by atoms with E-state index in [4.69, 9.17) is 16.3 Å². The number of fused-ring (bicyclic) bond motifs is 1. The quantitative estimate of drug-likeness (QED) is 0.770. The molecule has 1 saturated heterocycles. The molecule has 1 aliphatic heterocycles. The maximum atomic E-state index is 12.9. The van der Waals surface area contributed by atoms with Gasteiger partial charge in [0.05, 0.1) is 16.2 Å². The van der Waals surface area contributed by atoms with Gasteiger partial charge in [0.15, 0.2) is 0 Å². The van der Waals surface area contributed by atoms with Gasteiger partial charge in [-0.25, -0.2) is 9.59 Å². The summed E-state index contributed by atoms with van der Waals surface area (Å²) >= 11 is 6.60. The second-order valence-corrected chi connectivity index (χ2v) is 9.50. The largest absolute Gasteiger partial charge is 0.477 e. The smallest absolute Gasteiger partial charge is 0.410 e. The van der Waals surface area contributed by atoms with Crippen LogP contribution in [0, 0.1) is 0 Å². The Bertz CT molecular complexity index is 1110. The number of ether oxygens (including phenoxy) is 1. The molecule has 2 fully saturated rings. The number of nitrogens with zero attached hydrogens (tertiary/aromatic N) is 3. The van der Waals surface area contributed by atoms with E-state index in [2.05, 4.69) is 0 Å². The first-order valence-electron chi connectivity index (χ1n) is 10.4. The number of amides is 1. The Balaban J connectivity index is 1.64. The molecule has 0 radical (unpaired) electrons. The zero-order valence-electron chi connectivity index (χ0n) is 17.9. The molecule has 1 amide bonds. The van der Waals surface area contributed by atoms with Gasteiger partial charge in [-0.2, -0.15) is 0 Å². The molecule has 2 aliphatic rings. The van der Waals surface area contributed by atoms with E-state index in [0.717, 1.165) is 12.8 Å². The molecule has 31 heavy (non-hydrogen) atoms. The van der Waals surface area contributed by atoms with Crippen molar-refractivity contribution in [3.8, 4) is 0 Å². The third-order valence-corrected chi connectivity index (χ3v) is 5.85. The molecule has 0 unspecified atom stereocenters. The molecule has 8 nitrogen and oxygen atoms in total. The zero-order valence-corrected chi connectivity index (χ0v) is 18.6. The number of carbonyl (C=O) groups is 2. The van der Waals surface area contributed by atoms with Gasteiger partial charge in [-0.15, -0.1) is 0 Å². The predicted octanol–water partition coefficient (Wildman–Crippen LogP) is 3.75. The third-order valence-electron chi connectivity index (χ3n) is 5.54. The number of piperazine rings is 1. The Morgan fingerprint density at radius 2 is 1.77 bits per heavy atom. The van der Waals surface area contributed by atoms with Gasteiger partial charge in [0.2, 0.25) is 5.43 Å². The zero-order chi connectivity index (χ0) is 22.5. The van der Waals surface area contributed by atoms with E-state index in [-0.39, 0.29) is 17.7 Å². The fourth-order valence-corrected chi connectivity index (χ4v) is 4.14. The standard InChI is InChI=1S/C22H26ClN3O5/c1-22(2,3)31-21(30)25-8-6-24(7-9-25)18-10-14-17(11-16(18)23)26(13-4-5-13)12-15(19(14)27)20(28)29/h10-13H,4-9H2,1-3H3,(H,28,29). The van der Waals surface area contributed by atoms with Crippen LogP contribution in [0.4, 0.5) is 10.5 Å². The van der Waals surface area contributed by atoms with Crippen molar-refractivity contribution in [1.82, 2.24) is 9.47 Å². The molecule has 2 aromatic rings. The molecule has 1 aromatic heterocycles. The van der Waals surface area contributed by atoms with Crippen molar-refractivity contribution in [3.05, 3.63) is 39.1 Å². The lowest BCUT2D eigenvalue weighted by Crippen LogP contribution is -2.50. The highest BCUT2D eigenvalue weighted by atomic mass is 35.5. The van der Waals surface area contributed by atoms with Gasteiger partial charge in [0.25, 0.3) is 0 Å². The summed E-state index contributed by atoms with van der Waals surface area (Å²) in [4.78, 5) is 40.4. The van der Waals surface area contributed by atoms with Gasteiger partial charge in [0.1, 0.15) is 11.2 Å². The molecule has 1 aromatic carbocycles. The van der Waals surface area contributed by atoms with E-state index < -0.39 is 17.0 Å². The summed E-state index contributed by atoms with van der Waals surface area (Å²) in [5, 5.41) is 10.3. The number of aromatic nitrogens is 1. The van der Waals surface area contributed by atoms with E-state index in [1.807, 2.05) is 30.2 Å². The number of rotatable bonds is 3. The topological polar surface area (TPSA) is 92.1 Å². The number of benzene rings is 1. The minimum Gasteiger partial charge on any atom is -0.477 e. The van der Waals surface area contributed by atoms with Crippen molar-refractivity contribution < 1.29 is 19.4 Å². The molecule has 4 rings (SSSR count). The van der Waals surface area contributed by atoms with E-state index in [0.29, 0.717) is 47.8 Å². The monoisotopic (exact) mass is 447 g/mol. The first-order chi connectivity index (χ1) is 14.5. The number of hydrogen-bond donors (Lipinski definition) is 1. The number of aromatic carboxylic acids is 1. The Morgan fingerprint density at radius 3 is 2.32 bits per heavy atom. The highest BCUT2D eigenvalue weighted by Gasteiger charge is 2.29. The summed E-state index contributed by atoms with van der Waals surface area (Å²) in [6.45, 7) is 7.47. The normalized spacial score (nSPS) is 17.2. The molecule has 1 N–H and O–H groups in total. The molecular formula is C22H26ClN3O5. The lowest BCUT2D eigenvalue weighted by molar-refractivity contribution is 0.0240. The molecule has 0 spiro atoms. The van der Waals surface area contributed by atoms with Crippen molar-refractivity contribution in [3.63, 3.8) is 0 Å². The summed E-state index contributed by atoms with van der Waals surface area (Å²) in [5.74, 6) is -1.23. The molecule has 1 saturated carbocycles. The first kappa shape index (κ1) is 21.5. The molecule has 166 valence electrons. The number of hydrogen-bond acceptors (Lipinski definition) is 5. The average molecular weight is 448 g/mol. The van der Waals surface area contributed by atoms with Crippen molar-refractivity contribution in [2.45, 2.75) is 45.3 Å². The third kappa shape index (κ3) is 4.35. The average Bonchev–Trinajstić information content (AvgIpc) is 3.51. The lowest BCUT2D eigenvalue weighted by Gasteiger charge is -2.37. The van der Waals surface area contributed by atoms with Crippen molar-refractivity contribution in [2.24, 2.45) is 0 Å². The van der Waals surface area contributed by atoms with E-state index in [1.54, 1.807) is 17.0 Å². The predicted molar refractivity (Wildman–Crippen MR) is 118 cm³/mol. The number of pyridine rings is 1. The van der Waals surface area contributed by atoms with Crippen LogP contribution in [-0.2, 0) is 4.74 Å². The second-order valence-electron chi connectivity index (χ2n) is 9.09. The number of anilines is 1. The van der Waals surface area contributed by atoms with E-state index >= 15 is 0 Å². The maximum Gasteiger partial charge on any atom is 0.410 e. The van der Waals surface area contributed by atoms with E-state index in [9.17, 15) is 19.5 Å². The van der Waals surface area contributed by atoms with Gasteiger partial charge in [-0.05, 0) is 45.7 Å². The van der Waals surface area contributed by atoms with Crippen LogP contribution in [0.5, 0.6) is 0 Å². The molecular weight excluding hydrogens is 422 g/mol. The van der Waals surface area contributed by atoms with Gasteiger partial charge >= 0.3 is 12.1 Å². The van der Waals surface area contributed by atoms with Crippen LogP contribution in [0.2, 0.25) is 5.02 Å². The maximum absolute atomic E-state index is 12.9. The number of carboxylic acid groups (broad SMARTS) is 1. The van der Waals surface area contributed by atoms with Gasteiger partial charge in [0, 0.05) is 43.8 Å². The second kappa shape index (κ2) is 7.75. The minimum atomic E-state index is -1.23. The van der Waals surface area contributed by atoms with Gasteiger partial charge in [-0.3, -0.25) is 4.79 Å². The van der Waals surface area contributed by atoms with Crippen LogP contribution < -0.4 is 10.3 Å². The van der Waals surface area contributed by atoms with Gasteiger partial charge in [-0.1, -0.05) is 11.6 Å². The summed E-state index contributed by atoms with van der Waals surface area (Å²) in [6.07, 6.45) is 2.97. The minimum absolute atomic E-state index is 0.195. The van der Waals surface area contributed by atoms with E-state index in [1.165, 1.54) is 6.20 Å². The van der Waals surface area contributed by atoms with Crippen LogP contribution in [0.1, 0.15) is 50.0 Å². The fourth-order valence-electron chi connectivity index (χ4n) is 3.87. The fraction of sp³-hybridized carbons (Fsp3) is 0.500. The van der Waals surface area contributed by atoms with Crippen LogP contribution in [-0.4, -0.2) is 58.4 Å². The lowest BCUT2D eigenvalue weighted by atomic mass is 10.1. The van der Waals surface area contributed by atoms with Crippen LogP contribution >= 0.6 is 11.6 Å². The summed E-state index contributed by atoms with van der Waals surface area (Å²) in [7, 11) is 0. The molecule has 0 bridgehead atoms. The van der Waals surface area contributed by atoms with Crippen molar-refractivity contribution >= 4 is 40.3 Å². The van der Waals surface area contributed by atoms with Crippen LogP contribution in [0.3, 0.4) is 0 Å². The van der Waals surface area contributed by atoms with Gasteiger partial charge < -0.3 is 24.2 Å². The molecule has 9 heteroatoms. The Hall–Kier alpha value is -2.74. The Labute approximate surface area is 184 Å². The molecule has 2 heterocycles. The van der Waals surface area contributed by atoms with Crippen molar-refractivity contribution in [1.29, 1.82) is 0 Å². The molecule has 0 atom stereocenters. The summed E-state index contributed by atoms with van der Waals surface area (Å²) < 4.78 is 7.29.